The fourth-order valence-electron chi connectivity index (χ4n) is 2.94. The predicted octanol–water partition coefficient (Wildman–Crippen LogP) is 4.08. The first-order valence-corrected chi connectivity index (χ1v) is 8.51. The van der Waals surface area contributed by atoms with Crippen molar-refractivity contribution < 1.29 is 9.53 Å². The van der Waals surface area contributed by atoms with E-state index in [9.17, 15) is 4.79 Å². The standard InChI is InChI=1S/C20H24N2O2.ClH/c1-15-9-10-18(22-20(23)13-17-8-5-11-21-17)19(12-15)24-14-16-6-3-2-4-7-16;/h2-4,6-7,9-10,12,17,21H,5,8,11,13-14H2,1H3,(H,22,23);1H. The van der Waals surface area contributed by atoms with Crippen LogP contribution < -0.4 is 15.4 Å². The lowest BCUT2D eigenvalue weighted by atomic mass is 10.1. The summed E-state index contributed by atoms with van der Waals surface area (Å²) in [6.07, 6.45) is 2.72. The van der Waals surface area contributed by atoms with Gasteiger partial charge in [-0.25, -0.2) is 0 Å². The zero-order valence-electron chi connectivity index (χ0n) is 14.5. The Morgan fingerprint density at radius 3 is 2.76 bits per heavy atom. The van der Waals surface area contributed by atoms with Gasteiger partial charge in [0.1, 0.15) is 12.4 Å². The third kappa shape index (κ3) is 5.76. The number of hydrogen-bond donors (Lipinski definition) is 2. The summed E-state index contributed by atoms with van der Waals surface area (Å²) >= 11 is 0. The second-order valence-corrected chi connectivity index (χ2v) is 6.32. The molecule has 0 aromatic heterocycles. The maximum Gasteiger partial charge on any atom is 0.226 e. The van der Waals surface area contributed by atoms with E-state index >= 15 is 0 Å². The summed E-state index contributed by atoms with van der Waals surface area (Å²) in [5, 5.41) is 6.35. The van der Waals surface area contributed by atoms with Crippen molar-refractivity contribution in [3.05, 3.63) is 59.7 Å². The van der Waals surface area contributed by atoms with Crippen LogP contribution in [0.5, 0.6) is 5.75 Å². The first kappa shape index (κ1) is 19.3. The molecule has 0 aliphatic carbocycles. The molecule has 2 N–H and O–H groups in total. The molecule has 0 bridgehead atoms. The molecule has 25 heavy (non-hydrogen) atoms. The third-order valence-corrected chi connectivity index (χ3v) is 4.24. The number of hydrogen-bond acceptors (Lipinski definition) is 3. The van der Waals surface area contributed by atoms with E-state index in [-0.39, 0.29) is 18.3 Å². The van der Waals surface area contributed by atoms with E-state index in [1.54, 1.807) is 0 Å². The van der Waals surface area contributed by atoms with E-state index in [0.717, 1.165) is 36.2 Å². The van der Waals surface area contributed by atoms with E-state index in [4.69, 9.17) is 4.74 Å². The van der Waals surface area contributed by atoms with E-state index < -0.39 is 0 Å². The van der Waals surface area contributed by atoms with Crippen LogP contribution in [0.4, 0.5) is 5.69 Å². The molecule has 1 atom stereocenters. The van der Waals surface area contributed by atoms with Gasteiger partial charge in [0.25, 0.3) is 0 Å². The topological polar surface area (TPSA) is 50.4 Å². The van der Waals surface area contributed by atoms with Crippen LogP contribution in [-0.4, -0.2) is 18.5 Å². The van der Waals surface area contributed by atoms with E-state index in [1.807, 2.05) is 55.5 Å². The van der Waals surface area contributed by atoms with Gasteiger partial charge in [-0.15, -0.1) is 12.4 Å². The molecule has 3 rings (SSSR count). The Kier molecular flexibility index (Phi) is 7.29. The second kappa shape index (κ2) is 9.44. The smallest absolute Gasteiger partial charge is 0.226 e. The molecule has 134 valence electrons. The maximum absolute atomic E-state index is 12.3. The molecule has 0 radical (unpaired) electrons. The van der Waals surface area contributed by atoms with Gasteiger partial charge in [0.15, 0.2) is 0 Å². The number of anilines is 1. The highest BCUT2D eigenvalue weighted by molar-refractivity contribution is 5.92. The van der Waals surface area contributed by atoms with Gasteiger partial charge in [0.2, 0.25) is 5.91 Å². The van der Waals surface area contributed by atoms with Crippen molar-refractivity contribution in [1.82, 2.24) is 5.32 Å². The molecule has 1 fully saturated rings. The minimum absolute atomic E-state index is 0. The van der Waals surface area contributed by atoms with Crippen LogP contribution in [0.2, 0.25) is 0 Å². The monoisotopic (exact) mass is 360 g/mol. The highest BCUT2D eigenvalue weighted by Crippen LogP contribution is 2.27. The molecule has 1 unspecified atom stereocenters. The van der Waals surface area contributed by atoms with Gasteiger partial charge >= 0.3 is 0 Å². The van der Waals surface area contributed by atoms with E-state index in [0.29, 0.717) is 24.8 Å². The number of ether oxygens (including phenoxy) is 1. The molecule has 1 amide bonds. The van der Waals surface area contributed by atoms with Gasteiger partial charge in [-0.2, -0.15) is 0 Å². The average Bonchev–Trinajstić information content (AvgIpc) is 3.09. The van der Waals surface area contributed by atoms with Crippen molar-refractivity contribution in [2.75, 3.05) is 11.9 Å². The predicted molar refractivity (Wildman–Crippen MR) is 103 cm³/mol. The zero-order valence-corrected chi connectivity index (χ0v) is 15.3. The van der Waals surface area contributed by atoms with Crippen LogP contribution in [0.25, 0.3) is 0 Å². The van der Waals surface area contributed by atoms with Gasteiger partial charge in [-0.3, -0.25) is 4.79 Å². The fourth-order valence-corrected chi connectivity index (χ4v) is 2.94. The van der Waals surface area contributed by atoms with Crippen molar-refractivity contribution in [3.8, 4) is 5.75 Å². The Hall–Kier alpha value is -2.04. The first-order valence-electron chi connectivity index (χ1n) is 8.51. The van der Waals surface area contributed by atoms with Gasteiger partial charge in [0, 0.05) is 12.5 Å². The molecule has 0 saturated carbocycles. The Bertz CT molecular complexity index is 685. The molecule has 1 saturated heterocycles. The number of carbonyl (C=O) groups excluding carboxylic acids is 1. The molecule has 1 aliphatic heterocycles. The quantitative estimate of drug-likeness (QED) is 0.816. The molecule has 1 aliphatic rings. The molecule has 2 aromatic rings. The lowest BCUT2D eigenvalue weighted by Crippen LogP contribution is -2.27. The Morgan fingerprint density at radius 1 is 1.24 bits per heavy atom. The third-order valence-electron chi connectivity index (χ3n) is 4.24. The maximum atomic E-state index is 12.3. The second-order valence-electron chi connectivity index (χ2n) is 6.32. The van der Waals surface area contributed by atoms with Crippen LogP contribution in [0.1, 0.15) is 30.4 Å². The molecular formula is C20H25ClN2O2. The van der Waals surface area contributed by atoms with Gasteiger partial charge in [-0.05, 0) is 49.6 Å². The number of rotatable bonds is 6. The van der Waals surface area contributed by atoms with Crippen molar-refractivity contribution >= 4 is 24.0 Å². The van der Waals surface area contributed by atoms with Crippen molar-refractivity contribution in [2.24, 2.45) is 0 Å². The Labute approximate surface area is 155 Å². The highest BCUT2D eigenvalue weighted by Gasteiger charge is 2.18. The lowest BCUT2D eigenvalue weighted by molar-refractivity contribution is -0.116. The summed E-state index contributed by atoms with van der Waals surface area (Å²) in [4.78, 5) is 12.3. The minimum atomic E-state index is 0. The fraction of sp³-hybridized carbons (Fsp3) is 0.350. The molecule has 1 heterocycles. The Morgan fingerprint density at radius 2 is 2.04 bits per heavy atom. The van der Waals surface area contributed by atoms with Crippen LogP contribution in [-0.2, 0) is 11.4 Å². The van der Waals surface area contributed by atoms with E-state index in [2.05, 4.69) is 10.6 Å². The Balaban J connectivity index is 0.00000225. The van der Waals surface area contributed by atoms with Crippen molar-refractivity contribution in [2.45, 2.75) is 38.8 Å². The molecule has 4 nitrogen and oxygen atoms in total. The van der Waals surface area contributed by atoms with Crippen LogP contribution in [0.3, 0.4) is 0 Å². The zero-order chi connectivity index (χ0) is 16.8. The van der Waals surface area contributed by atoms with Gasteiger partial charge in [-0.1, -0.05) is 36.4 Å². The summed E-state index contributed by atoms with van der Waals surface area (Å²) in [6.45, 7) is 3.51. The molecule has 5 heteroatoms. The molecule has 2 aromatic carbocycles. The summed E-state index contributed by atoms with van der Waals surface area (Å²) < 4.78 is 5.94. The highest BCUT2D eigenvalue weighted by atomic mass is 35.5. The van der Waals surface area contributed by atoms with Crippen LogP contribution >= 0.6 is 12.4 Å². The van der Waals surface area contributed by atoms with Gasteiger partial charge in [0.05, 0.1) is 5.69 Å². The summed E-state index contributed by atoms with van der Waals surface area (Å²) in [5.74, 6) is 0.745. The summed E-state index contributed by atoms with van der Waals surface area (Å²) in [5.41, 5.74) is 2.94. The number of carbonyl (C=O) groups is 1. The lowest BCUT2D eigenvalue weighted by Gasteiger charge is -2.15. The van der Waals surface area contributed by atoms with E-state index in [1.165, 1.54) is 0 Å². The number of aryl methyl sites for hydroxylation is 1. The van der Waals surface area contributed by atoms with Crippen molar-refractivity contribution in [3.63, 3.8) is 0 Å². The largest absolute Gasteiger partial charge is 0.487 e. The normalized spacial score (nSPS) is 16.1. The minimum Gasteiger partial charge on any atom is -0.487 e. The number of nitrogens with one attached hydrogen (secondary N) is 2. The van der Waals surface area contributed by atoms with Crippen LogP contribution in [0.15, 0.2) is 48.5 Å². The average molecular weight is 361 g/mol. The summed E-state index contributed by atoms with van der Waals surface area (Å²) in [7, 11) is 0. The number of halogens is 1. The summed E-state index contributed by atoms with van der Waals surface area (Å²) in [6, 6.07) is 16.2. The van der Waals surface area contributed by atoms with Gasteiger partial charge < -0.3 is 15.4 Å². The SMILES string of the molecule is Cc1ccc(NC(=O)CC2CCCN2)c(OCc2ccccc2)c1.Cl. The number of benzene rings is 2. The van der Waals surface area contributed by atoms with Crippen molar-refractivity contribution in [1.29, 1.82) is 0 Å². The van der Waals surface area contributed by atoms with Crippen LogP contribution in [0, 0.1) is 6.92 Å². The molecular weight excluding hydrogens is 336 g/mol. The number of amides is 1. The first-order chi connectivity index (χ1) is 11.7. The molecule has 0 spiro atoms.